The maximum atomic E-state index is 10.8. The average Bonchev–Trinajstić information content (AvgIpc) is 2.44. The van der Waals surface area contributed by atoms with Crippen molar-refractivity contribution in [1.82, 2.24) is 0 Å². The van der Waals surface area contributed by atoms with Crippen LogP contribution in [0.3, 0.4) is 0 Å². The summed E-state index contributed by atoms with van der Waals surface area (Å²) in [4.78, 5) is 10.8. The molecule has 0 heterocycles. The molecule has 4 nitrogen and oxygen atoms in total. The van der Waals surface area contributed by atoms with E-state index in [0.717, 1.165) is 25.5 Å². The van der Waals surface area contributed by atoms with Gasteiger partial charge in [-0.1, -0.05) is 39.7 Å². The van der Waals surface area contributed by atoms with Crippen molar-refractivity contribution in [3.8, 4) is 0 Å². The molecule has 0 rings (SSSR count). The summed E-state index contributed by atoms with van der Waals surface area (Å²) in [6.45, 7) is 9.65. The Bertz CT molecular complexity index is 228. The third-order valence-electron chi connectivity index (χ3n) is 2.75. The third kappa shape index (κ3) is 11.9. The fraction of sp³-hybridized carbons (Fsp3) is 0.800. The van der Waals surface area contributed by atoms with Crippen molar-refractivity contribution in [1.29, 1.82) is 0 Å². The number of hydrogen-bond acceptors (Lipinski definition) is 4. The quantitative estimate of drug-likeness (QED) is 0.293. The minimum atomic E-state index is -0.413. The Hall–Kier alpha value is -0.870. The zero-order chi connectivity index (χ0) is 14.3. The van der Waals surface area contributed by atoms with Crippen molar-refractivity contribution in [3.63, 3.8) is 0 Å². The molecule has 0 aliphatic rings. The van der Waals surface area contributed by atoms with Crippen LogP contribution in [0.4, 0.5) is 0 Å². The molecule has 0 aromatic rings. The van der Waals surface area contributed by atoms with E-state index in [4.69, 9.17) is 14.2 Å². The van der Waals surface area contributed by atoms with Gasteiger partial charge in [0.05, 0.1) is 19.3 Å². The highest BCUT2D eigenvalue weighted by atomic mass is 16.6. The van der Waals surface area contributed by atoms with Crippen molar-refractivity contribution < 1.29 is 19.0 Å². The SMILES string of the molecule is C=CC(=O)OCCOC(CC)COCCCCCC. The minimum Gasteiger partial charge on any atom is -0.460 e. The van der Waals surface area contributed by atoms with Crippen LogP contribution in [-0.2, 0) is 19.0 Å². The predicted molar refractivity (Wildman–Crippen MR) is 76.1 cm³/mol. The summed E-state index contributed by atoms with van der Waals surface area (Å²) in [7, 11) is 0. The lowest BCUT2D eigenvalue weighted by Gasteiger charge is -2.16. The zero-order valence-corrected chi connectivity index (χ0v) is 12.4. The molecule has 0 N–H and O–H groups in total. The molecule has 0 saturated carbocycles. The highest BCUT2D eigenvalue weighted by molar-refractivity contribution is 5.81. The van der Waals surface area contributed by atoms with Crippen molar-refractivity contribution in [3.05, 3.63) is 12.7 Å². The third-order valence-corrected chi connectivity index (χ3v) is 2.75. The average molecular weight is 272 g/mol. The van der Waals surface area contributed by atoms with Gasteiger partial charge in [0, 0.05) is 12.7 Å². The lowest BCUT2D eigenvalue weighted by molar-refractivity contribution is -0.140. The van der Waals surface area contributed by atoms with E-state index in [1.54, 1.807) is 0 Å². The number of esters is 1. The van der Waals surface area contributed by atoms with Crippen molar-refractivity contribution in [2.24, 2.45) is 0 Å². The number of unbranched alkanes of at least 4 members (excludes halogenated alkanes) is 3. The van der Waals surface area contributed by atoms with Crippen LogP contribution in [0.25, 0.3) is 0 Å². The topological polar surface area (TPSA) is 44.8 Å². The molecule has 0 aromatic carbocycles. The van der Waals surface area contributed by atoms with Gasteiger partial charge in [-0.05, 0) is 12.8 Å². The maximum Gasteiger partial charge on any atom is 0.330 e. The Labute approximate surface area is 117 Å². The molecule has 19 heavy (non-hydrogen) atoms. The van der Waals surface area contributed by atoms with Crippen LogP contribution in [0.5, 0.6) is 0 Å². The van der Waals surface area contributed by atoms with Crippen molar-refractivity contribution >= 4 is 5.97 Å². The molecule has 0 amide bonds. The molecule has 112 valence electrons. The fourth-order valence-corrected chi connectivity index (χ4v) is 1.55. The van der Waals surface area contributed by atoms with E-state index in [0.29, 0.717) is 13.2 Å². The van der Waals surface area contributed by atoms with Gasteiger partial charge in [-0.15, -0.1) is 0 Å². The molecule has 0 aromatic heterocycles. The summed E-state index contributed by atoms with van der Waals surface area (Å²) in [6, 6.07) is 0. The van der Waals surface area contributed by atoms with Crippen LogP contribution in [0, 0.1) is 0 Å². The first-order valence-electron chi connectivity index (χ1n) is 7.23. The van der Waals surface area contributed by atoms with Crippen LogP contribution in [0.2, 0.25) is 0 Å². The fourth-order valence-electron chi connectivity index (χ4n) is 1.55. The van der Waals surface area contributed by atoms with Gasteiger partial charge in [0.1, 0.15) is 6.61 Å². The number of carbonyl (C=O) groups excluding carboxylic acids is 1. The summed E-state index contributed by atoms with van der Waals surface area (Å²) < 4.78 is 16.0. The summed E-state index contributed by atoms with van der Waals surface area (Å²) >= 11 is 0. The maximum absolute atomic E-state index is 10.8. The summed E-state index contributed by atoms with van der Waals surface area (Å²) in [6.07, 6.45) is 6.97. The Morgan fingerprint density at radius 2 is 1.95 bits per heavy atom. The van der Waals surface area contributed by atoms with E-state index in [-0.39, 0.29) is 12.7 Å². The molecule has 0 bridgehead atoms. The van der Waals surface area contributed by atoms with Crippen molar-refractivity contribution in [2.75, 3.05) is 26.4 Å². The molecular formula is C15H28O4. The standard InChI is InChI=1S/C15H28O4/c1-4-7-8-9-10-17-13-14(5-2)18-11-12-19-15(16)6-3/h6,14H,3-5,7-13H2,1-2H3. The molecular weight excluding hydrogens is 244 g/mol. The van der Waals surface area contributed by atoms with Crippen LogP contribution in [-0.4, -0.2) is 38.5 Å². The summed E-state index contributed by atoms with van der Waals surface area (Å²) in [5, 5.41) is 0. The smallest absolute Gasteiger partial charge is 0.330 e. The van der Waals surface area contributed by atoms with E-state index in [1.807, 2.05) is 0 Å². The van der Waals surface area contributed by atoms with Gasteiger partial charge in [-0.3, -0.25) is 0 Å². The van der Waals surface area contributed by atoms with Gasteiger partial charge in [0.15, 0.2) is 0 Å². The zero-order valence-electron chi connectivity index (χ0n) is 12.4. The van der Waals surface area contributed by atoms with E-state index in [9.17, 15) is 4.79 Å². The summed E-state index contributed by atoms with van der Waals surface area (Å²) in [5.74, 6) is -0.413. The lowest BCUT2D eigenvalue weighted by Crippen LogP contribution is -2.22. The van der Waals surface area contributed by atoms with Gasteiger partial charge in [-0.25, -0.2) is 4.79 Å². The second-order valence-corrected chi connectivity index (χ2v) is 4.41. The van der Waals surface area contributed by atoms with E-state index in [2.05, 4.69) is 20.4 Å². The second-order valence-electron chi connectivity index (χ2n) is 4.41. The van der Waals surface area contributed by atoms with Gasteiger partial charge < -0.3 is 14.2 Å². The van der Waals surface area contributed by atoms with E-state index >= 15 is 0 Å². The van der Waals surface area contributed by atoms with Crippen molar-refractivity contribution in [2.45, 2.75) is 52.1 Å². The Kier molecular flexibility index (Phi) is 12.9. The second kappa shape index (κ2) is 13.6. The summed E-state index contributed by atoms with van der Waals surface area (Å²) in [5.41, 5.74) is 0. The van der Waals surface area contributed by atoms with E-state index in [1.165, 1.54) is 19.3 Å². The van der Waals surface area contributed by atoms with Gasteiger partial charge in [0.25, 0.3) is 0 Å². The van der Waals surface area contributed by atoms with Crippen LogP contribution in [0.15, 0.2) is 12.7 Å². The molecule has 0 radical (unpaired) electrons. The molecule has 0 saturated heterocycles. The predicted octanol–water partition coefficient (Wildman–Crippen LogP) is 3.11. The Balaban J connectivity index is 3.44. The monoisotopic (exact) mass is 272 g/mol. The van der Waals surface area contributed by atoms with E-state index < -0.39 is 5.97 Å². The minimum absolute atomic E-state index is 0.0774. The number of ether oxygens (including phenoxy) is 3. The largest absolute Gasteiger partial charge is 0.460 e. The van der Waals surface area contributed by atoms with Crippen LogP contribution < -0.4 is 0 Å². The molecule has 4 heteroatoms. The molecule has 1 atom stereocenters. The molecule has 1 unspecified atom stereocenters. The van der Waals surface area contributed by atoms with Gasteiger partial charge >= 0.3 is 5.97 Å². The molecule has 0 aliphatic carbocycles. The number of carbonyl (C=O) groups is 1. The highest BCUT2D eigenvalue weighted by Crippen LogP contribution is 2.02. The Morgan fingerprint density at radius 3 is 2.58 bits per heavy atom. The van der Waals surface area contributed by atoms with Crippen LogP contribution >= 0.6 is 0 Å². The number of hydrogen-bond donors (Lipinski definition) is 0. The molecule has 0 spiro atoms. The first kappa shape index (κ1) is 18.1. The van der Waals surface area contributed by atoms with Gasteiger partial charge in [-0.2, -0.15) is 0 Å². The van der Waals surface area contributed by atoms with Gasteiger partial charge in [0.2, 0.25) is 0 Å². The Morgan fingerprint density at radius 1 is 1.16 bits per heavy atom. The number of rotatable bonds is 13. The molecule has 0 aliphatic heterocycles. The lowest BCUT2D eigenvalue weighted by atomic mass is 10.2. The highest BCUT2D eigenvalue weighted by Gasteiger charge is 2.07. The normalized spacial score (nSPS) is 12.1. The molecule has 0 fully saturated rings. The first-order chi connectivity index (χ1) is 9.24. The van der Waals surface area contributed by atoms with Crippen LogP contribution in [0.1, 0.15) is 46.0 Å². The first-order valence-corrected chi connectivity index (χ1v) is 7.23.